The molecule has 2 aromatic carbocycles. The first-order valence-corrected chi connectivity index (χ1v) is 9.95. The van der Waals surface area contributed by atoms with E-state index in [1.807, 2.05) is 29.6 Å². The van der Waals surface area contributed by atoms with Crippen molar-refractivity contribution in [3.8, 4) is 11.5 Å². The van der Waals surface area contributed by atoms with E-state index >= 15 is 0 Å². The van der Waals surface area contributed by atoms with E-state index in [1.54, 1.807) is 19.1 Å². The van der Waals surface area contributed by atoms with Crippen molar-refractivity contribution in [1.82, 2.24) is 4.90 Å². The van der Waals surface area contributed by atoms with Gasteiger partial charge in [-0.15, -0.1) is 11.3 Å². The Balaban J connectivity index is 1.83. The Morgan fingerprint density at radius 3 is 2.52 bits per heavy atom. The van der Waals surface area contributed by atoms with Gasteiger partial charge in [0.15, 0.2) is 11.5 Å². The van der Waals surface area contributed by atoms with E-state index in [0.29, 0.717) is 24.5 Å². The Bertz CT molecular complexity index is 1050. The van der Waals surface area contributed by atoms with Gasteiger partial charge < -0.3 is 14.4 Å². The third-order valence-electron chi connectivity index (χ3n) is 5.11. The standard InChI is InChI=1S/C22H19F2NO3S/c1-27-18-10-13-7-8-25(22(26)15-6-5-14(23)11-17(15)24)21(20-4-3-9-29-20)16(13)12-19(18)28-2/h3-6,9-12,21H,7-8H2,1-2H3/t21-/m1/s1. The lowest BCUT2D eigenvalue weighted by molar-refractivity contribution is 0.0692. The van der Waals surface area contributed by atoms with Crippen LogP contribution in [0.25, 0.3) is 0 Å². The van der Waals surface area contributed by atoms with Gasteiger partial charge in [0.2, 0.25) is 0 Å². The van der Waals surface area contributed by atoms with Crippen molar-refractivity contribution in [2.45, 2.75) is 12.5 Å². The van der Waals surface area contributed by atoms with Gasteiger partial charge in [-0.2, -0.15) is 0 Å². The van der Waals surface area contributed by atoms with Crippen molar-refractivity contribution < 1.29 is 23.0 Å². The second kappa shape index (κ2) is 7.83. The summed E-state index contributed by atoms with van der Waals surface area (Å²) in [6.45, 7) is 0.403. The molecule has 0 bridgehead atoms. The number of rotatable bonds is 4. The molecule has 0 N–H and O–H groups in total. The summed E-state index contributed by atoms with van der Waals surface area (Å²) in [7, 11) is 3.14. The maximum absolute atomic E-state index is 14.3. The van der Waals surface area contributed by atoms with E-state index in [0.717, 1.165) is 28.1 Å². The van der Waals surface area contributed by atoms with Gasteiger partial charge in [-0.05, 0) is 53.3 Å². The molecule has 1 amide bonds. The number of benzene rings is 2. The van der Waals surface area contributed by atoms with Gasteiger partial charge in [0, 0.05) is 17.5 Å². The molecular weight excluding hydrogens is 396 g/mol. The first-order chi connectivity index (χ1) is 14.0. The Kier molecular flexibility index (Phi) is 5.24. The normalized spacial score (nSPS) is 15.7. The Hall–Kier alpha value is -2.93. The van der Waals surface area contributed by atoms with Gasteiger partial charge in [0.25, 0.3) is 5.91 Å². The van der Waals surface area contributed by atoms with Crippen LogP contribution >= 0.6 is 11.3 Å². The molecule has 0 aliphatic carbocycles. The zero-order valence-corrected chi connectivity index (χ0v) is 16.8. The number of halogens is 2. The van der Waals surface area contributed by atoms with Crippen LogP contribution in [0.1, 0.15) is 32.4 Å². The van der Waals surface area contributed by atoms with Crippen LogP contribution in [0.15, 0.2) is 47.8 Å². The number of carbonyl (C=O) groups excluding carboxylic acids is 1. The van der Waals surface area contributed by atoms with Crippen LogP contribution in [-0.4, -0.2) is 31.6 Å². The molecule has 3 aromatic rings. The summed E-state index contributed by atoms with van der Waals surface area (Å²) in [4.78, 5) is 15.8. The number of methoxy groups -OCH3 is 2. The van der Waals surface area contributed by atoms with Crippen molar-refractivity contribution in [3.63, 3.8) is 0 Å². The smallest absolute Gasteiger partial charge is 0.257 e. The molecule has 7 heteroatoms. The number of hydrogen-bond acceptors (Lipinski definition) is 4. The molecule has 1 aliphatic rings. The average Bonchev–Trinajstić information content (AvgIpc) is 3.25. The van der Waals surface area contributed by atoms with Gasteiger partial charge in [-0.25, -0.2) is 8.78 Å². The van der Waals surface area contributed by atoms with Crippen molar-refractivity contribution in [1.29, 1.82) is 0 Å². The van der Waals surface area contributed by atoms with Crippen molar-refractivity contribution in [3.05, 3.63) is 81.0 Å². The van der Waals surface area contributed by atoms with E-state index in [1.165, 1.54) is 17.4 Å². The third-order valence-corrected chi connectivity index (χ3v) is 6.03. The van der Waals surface area contributed by atoms with Crippen LogP contribution in [0.5, 0.6) is 11.5 Å². The number of nitrogens with zero attached hydrogens (tertiary/aromatic N) is 1. The second-order valence-corrected chi connectivity index (χ2v) is 7.68. The molecule has 1 aromatic heterocycles. The van der Waals surface area contributed by atoms with E-state index < -0.39 is 23.6 Å². The molecule has 1 atom stereocenters. The fourth-order valence-corrected chi connectivity index (χ4v) is 4.59. The molecule has 4 rings (SSSR count). The first kappa shape index (κ1) is 19.4. The summed E-state index contributed by atoms with van der Waals surface area (Å²) in [5.41, 5.74) is 1.81. The van der Waals surface area contributed by atoms with Crippen LogP contribution < -0.4 is 9.47 Å². The molecular formula is C22H19F2NO3S. The van der Waals surface area contributed by atoms with Crippen LogP contribution in [0, 0.1) is 11.6 Å². The van der Waals surface area contributed by atoms with Crippen molar-refractivity contribution in [2.75, 3.05) is 20.8 Å². The van der Waals surface area contributed by atoms with E-state index in [-0.39, 0.29) is 5.56 Å². The molecule has 0 unspecified atom stereocenters. The van der Waals surface area contributed by atoms with Crippen LogP contribution in [-0.2, 0) is 6.42 Å². The first-order valence-electron chi connectivity index (χ1n) is 9.07. The zero-order chi connectivity index (χ0) is 20.5. The van der Waals surface area contributed by atoms with Crippen LogP contribution in [0.2, 0.25) is 0 Å². The van der Waals surface area contributed by atoms with Crippen molar-refractivity contribution in [2.24, 2.45) is 0 Å². The quantitative estimate of drug-likeness (QED) is 0.613. The SMILES string of the molecule is COc1cc2c(cc1OC)[C@H](c1cccs1)N(C(=O)c1ccc(F)cc1F)CC2. The summed E-state index contributed by atoms with van der Waals surface area (Å²) in [5, 5.41) is 1.94. The predicted molar refractivity (Wildman–Crippen MR) is 107 cm³/mol. The number of fused-ring (bicyclic) bond motifs is 1. The minimum atomic E-state index is -0.863. The van der Waals surface area contributed by atoms with E-state index in [4.69, 9.17) is 9.47 Å². The van der Waals surface area contributed by atoms with Gasteiger partial charge in [-0.3, -0.25) is 4.79 Å². The maximum Gasteiger partial charge on any atom is 0.257 e. The fraction of sp³-hybridized carbons (Fsp3) is 0.227. The highest BCUT2D eigenvalue weighted by Crippen LogP contribution is 2.42. The molecule has 0 fully saturated rings. The van der Waals surface area contributed by atoms with Gasteiger partial charge in [0.1, 0.15) is 11.6 Å². The second-order valence-electron chi connectivity index (χ2n) is 6.70. The van der Waals surface area contributed by atoms with E-state index in [9.17, 15) is 13.6 Å². The lowest BCUT2D eigenvalue weighted by Gasteiger charge is -2.37. The zero-order valence-electron chi connectivity index (χ0n) is 15.9. The summed E-state index contributed by atoms with van der Waals surface area (Å²) in [6, 6.07) is 10.3. The summed E-state index contributed by atoms with van der Waals surface area (Å²) in [5.74, 6) is -0.857. The lowest BCUT2D eigenvalue weighted by Crippen LogP contribution is -2.40. The number of thiophene rings is 1. The maximum atomic E-state index is 14.3. The molecule has 150 valence electrons. The Morgan fingerprint density at radius 2 is 1.86 bits per heavy atom. The van der Waals surface area contributed by atoms with Gasteiger partial charge in [-0.1, -0.05) is 6.07 Å². The number of carbonyl (C=O) groups is 1. The molecule has 4 nitrogen and oxygen atoms in total. The molecule has 2 heterocycles. The third kappa shape index (κ3) is 3.46. The number of hydrogen-bond donors (Lipinski definition) is 0. The van der Waals surface area contributed by atoms with E-state index in [2.05, 4.69) is 0 Å². The average molecular weight is 415 g/mol. The topological polar surface area (TPSA) is 38.8 Å². The lowest BCUT2D eigenvalue weighted by atomic mass is 9.90. The van der Waals surface area contributed by atoms with Crippen molar-refractivity contribution >= 4 is 17.2 Å². The number of amides is 1. The Labute approximate surface area is 171 Å². The predicted octanol–water partition coefficient (Wildman–Crippen LogP) is 4.83. The summed E-state index contributed by atoms with van der Waals surface area (Å²) < 4.78 is 38.5. The molecule has 29 heavy (non-hydrogen) atoms. The minimum absolute atomic E-state index is 0.142. The highest BCUT2D eigenvalue weighted by atomic mass is 32.1. The molecule has 0 spiro atoms. The largest absolute Gasteiger partial charge is 0.493 e. The summed E-state index contributed by atoms with van der Waals surface area (Å²) >= 11 is 1.52. The molecule has 0 saturated heterocycles. The summed E-state index contributed by atoms with van der Waals surface area (Å²) in [6.07, 6.45) is 0.589. The van der Waals surface area contributed by atoms with Crippen LogP contribution in [0.4, 0.5) is 8.78 Å². The minimum Gasteiger partial charge on any atom is -0.493 e. The van der Waals surface area contributed by atoms with Gasteiger partial charge >= 0.3 is 0 Å². The Morgan fingerprint density at radius 1 is 1.10 bits per heavy atom. The highest BCUT2D eigenvalue weighted by molar-refractivity contribution is 7.10. The van der Waals surface area contributed by atoms with Crippen LogP contribution in [0.3, 0.4) is 0 Å². The molecule has 1 aliphatic heterocycles. The van der Waals surface area contributed by atoms with Gasteiger partial charge in [0.05, 0.1) is 25.8 Å². The highest BCUT2D eigenvalue weighted by Gasteiger charge is 2.35. The number of ether oxygens (including phenoxy) is 2. The fourth-order valence-electron chi connectivity index (χ4n) is 3.74. The monoisotopic (exact) mass is 415 g/mol. The molecule has 0 saturated carbocycles. The molecule has 0 radical (unpaired) electrons.